The Balaban J connectivity index is 1.74. The summed E-state index contributed by atoms with van der Waals surface area (Å²) < 4.78 is 0. The predicted molar refractivity (Wildman–Crippen MR) is 94.0 cm³/mol. The number of hydrogen-bond donors (Lipinski definition) is 1. The summed E-state index contributed by atoms with van der Waals surface area (Å²) in [7, 11) is 0. The van der Waals surface area contributed by atoms with E-state index in [1.165, 1.54) is 4.90 Å². The van der Waals surface area contributed by atoms with Gasteiger partial charge in [-0.05, 0) is 42.3 Å². The lowest BCUT2D eigenvalue weighted by molar-refractivity contribution is -0.125. The average molecular weight is 340 g/mol. The summed E-state index contributed by atoms with van der Waals surface area (Å²) in [6.45, 7) is 2.15. The van der Waals surface area contributed by atoms with E-state index in [2.05, 4.69) is 5.32 Å². The van der Waals surface area contributed by atoms with Gasteiger partial charge in [-0.2, -0.15) is 0 Å². The zero-order valence-electron chi connectivity index (χ0n) is 13.1. The van der Waals surface area contributed by atoms with Crippen molar-refractivity contribution in [2.24, 2.45) is 0 Å². The van der Waals surface area contributed by atoms with E-state index in [4.69, 9.17) is 0 Å². The fraction of sp³-hybridized carbons (Fsp3) is 0.167. The van der Waals surface area contributed by atoms with Crippen molar-refractivity contribution in [1.29, 1.82) is 0 Å². The molecule has 0 aromatic heterocycles. The number of nitrogens with one attached hydrogen (secondary N) is 1. The Morgan fingerprint density at radius 2 is 1.96 bits per heavy atom. The minimum absolute atomic E-state index is 0.187. The van der Waals surface area contributed by atoms with Gasteiger partial charge in [-0.1, -0.05) is 36.0 Å². The highest BCUT2D eigenvalue weighted by Gasteiger charge is 2.29. The van der Waals surface area contributed by atoms with E-state index in [0.29, 0.717) is 5.56 Å². The molecular formula is C18H16N2O3S. The molecule has 24 heavy (non-hydrogen) atoms. The number of amides is 3. The first kappa shape index (κ1) is 16.3. The van der Waals surface area contributed by atoms with E-state index in [9.17, 15) is 14.4 Å². The molecule has 2 aromatic carbocycles. The van der Waals surface area contributed by atoms with Crippen LogP contribution in [0.2, 0.25) is 0 Å². The Hall–Kier alpha value is -2.60. The molecule has 1 fully saturated rings. The smallest absolute Gasteiger partial charge is 0.289 e. The first-order valence-electron chi connectivity index (χ1n) is 7.47. The van der Waals surface area contributed by atoms with Gasteiger partial charge in [0, 0.05) is 11.3 Å². The monoisotopic (exact) mass is 340 g/mol. The Morgan fingerprint density at radius 1 is 1.17 bits per heavy atom. The van der Waals surface area contributed by atoms with E-state index in [1.54, 1.807) is 24.3 Å². The molecule has 6 heteroatoms. The number of imide groups is 1. The molecule has 2 aromatic rings. The van der Waals surface area contributed by atoms with Crippen LogP contribution in [0.25, 0.3) is 0 Å². The van der Waals surface area contributed by atoms with Crippen molar-refractivity contribution in [3.8, 4) is 0 Å². The normalized spacial score (nSPS) is 14.1. The van der Waals surface area contributed by atoms with Crippen molar-refractivity contribution < 1.29 is 14.4 Å². The highest BCUT2D eigenvalue weighted by molar-refractivity contribution is 8.14. The van der Waals surface area contributed by atoms with Gasteiger partial charge in [-0.3, -0.25) is 19.3 Å². The van der Waals surface area contributed by atoms with E-state index < -0.39 is 0 Å². The summed E-state index contributed by atoms with van der Waals surface area (Å²) in [6, 6.07) is 14.5. The van der Waals surface area contributed by atoms with Gasteiger partial charge in [-0.15, -0.1) is 0 Å². The molecule has 0 unspecified atom stereocenters. The van der Waals surface area contributed by atoms with Gasteiger partial charge in [0.15, 0.2) is 0 Å². The van der Waals surface area contributed by atoms with Gasteiger partial charge in [0.25, 0.3) is 11.1 Å². The molecule has 0 spiro atoms. The molecule has 1 aliphatic rings. The highest BCUT2D eigenvalue weighted by atomic mass is 32.2. The molecule has 1 heterocycles. The summed E-state index contributed by atoms with van der Waals surface area (Å²) in [5.74, 6) is -0.234. The molecule has 122 valence electrons. The maximum atomic E-state index is 12.4. The molecule has 1 N–H and O–H groups in total. The average Bonchev–Trinajstić information content (AvgIpc) is 2.87. The fourth-order valence-corrected chi connectivity index (χ4v) is 3.18. The second-order valence-electron chi connectivity index (χ2n) is 5.56. The lowest BCUT2D eigenvalue weighted by Crippen LogP contribution is -2.28. The van der Waals surface area contributed by atoms with Crippen molar-refractivity contribution in [2.75, 3.05) is 11.1 Å². The van der Waals surface area contributed by atoms with Crippen molar-refractivity contribution in [1.82, 2.24) is 4.90 Å². The number of rotatable bonds is 4. The summed E-state index contributed by atoms with van der Waals surface area (Å²) in [6.07, 6.45) is 0. The summed E-state index contributed by atoms with van der Waals surface area (Å²) >= 11 is 1.00. The maximum Gasteiger partial charge on any atom is 0.289 e. The third kappa shape index (κ3) is 3.65. The van der Waals surface area contributed by atoms with E-state index in [-0.39, 0.29) is 29.4 Å². The number of carbonyl (C=O) groups is 3. The van der Waals surface area contributed by atoms with Crippen LogP contribution in [0, 0.1) is 6.92 Å². The molecule has 0 atom stereocenters. The van der Waals surface area contributed by atoms with E-state index in [0.717, 1.165) is 28.6 Å². The molecule has 0 saturated carbocycles. The number of anilines is 1. The van der Waals surface area contributed by atoms with Gasteiger partial charge >= 0.3 is 0 Å². The maximum absolute atomic E-state index is 12.4. The molecule has 3 rings (SSSR count). The second-order valence-corrected chi connectivity index (χ2v) is 6.49. The number of thioether (sulfide) groups is 1. The number of carbonyl (C=O) groups excluding carboxylic acids is 3. The van der Waals surface area contributed by atoms with Crippen LogP contribution in [0.4, 0.5) is 10.5 Å². The summed E-state index contributed by atoms with van der Waals surface area (Å²) in [5.41, 5.74) is 3.02. The van der Waals surface area contributed by atoms with Crippen LogP contribution in [0.15, 0.2) is 48.5 Å². The molecule has 1 aliphatic heterocycles. The molecule has 0 aliphatic carbocycles. The van der Waals surface area contributed by atoms with Crippen LogP contribution < -0.4 is 5.32 Å². The largest absolute Gasteiger partial charge is 0.322 e. The molecule has 0 radical (unpaired) electrons. The fourth-order valence-electron chi connectivity index (χ4n) is 2.45. The number of hydrogen-bond acceptors (Lipinski definition) is 4. The van der Waals surface area contributed by atoms with Gasteiger partial charge in [0.2, 0.25) is 5.91 Å². The van der Waals surface area contributed by atoms with Crippen LogP contribution in [0.5, 0.6) is 0 Å². The Labute approximate surface area is 144 Å². The molecular weight excluding hydrogens is 324 g/mol. The highest BCUT2D eigenvalue weighted by Crippen LogP contribution is 2.21. The number of aryl methyl sites for hydroxylation is 1. The zero-order chi connectivity index (χ0) is 17.1. The second kappa shape index (κ2) is 6.88. The number of benzene rings is 2. The van der Waals surface area contributed by atoms with Gasteiger partial charge in [0.1, 0.15) is 0 Å². The van der Waals surface area contributed by atoms with Crippen LogP contribution >= 0.6 is 11.8 Å². The summed E-state index contributed by atoms with van der Waals surface area (Å²) in [5, 5.41) is 2.61. The number of nitrogens with zero attached hydrogens (tertiary/aromatic N) is 1. The molecule has 1 saturated heterocycles. The Morgan fingerprint density at radius 3 is 2.67 bits per heavy atom. The minimum atomic E-state index is -0.241. The first-order chi connectivity index (χ1) is 11.5. The topological polar surface area (TPSA) is 66.5 Å². The molecule has 5 nitrogen and oxygen atoms in total. The van der Waals surface area contributed by atoms with Crippen LogP contribution in [-0.2, 0) is 11.3 Å². The third-order valence-corrected chi connectivity index (χ3v) is 4.50. The van der Waals surface area contributed by atoms with Gasteiger partial charge in [-0.25, -0.2) is 0 Å². The first-order valence-corrected chi connectivity index (χ1v) is 8.45. The lowest BCUT2D eigenvalue weighted by atomic mass is 10.1. The van der Waals surface area contributed by atoms with Crippen molar-refractivity contribution >= 4 is 34.5 Å². The standard InChI is InChI=1S/C18H16N2O3S/c1-12-4-2-7-15(8-12)19-17(22)14-6-3-5-13(9-14)10-20-16(21)11-24-18(20)23/h2-9H,10-11H2,1H3,(H,19,22). The Kier molecular flexibility index (Phi) is 4.66. The van der Waals surface area contributed by atoms with Crippen LogP contribution in [-0.4, -0.2) is 27.7 Å². The lowest BCUT2D eigenvalue weighted by Gasteiger charge is -2.13. The SMILES string of the molecule is Cc1cccc(NC(=O)c2cccc(CN3C(=O)CSC3=O)c2)c1. The van der Waals surface area contributed by atoms with Crippen LogP contribution in [0.1, 0.15) is 21.5 Å². The third-order valence-electron chi connectivity index (χ3n) is 3.65. The summed E-state index contributed by atoms with van der Waals surface area (Å²) in [4.78, 5) is 36.9. The van der Waals surface area contributed by atoms with Gasteiger partial charge in [0.05, 0.1) is 12.3 Å². The Bertz CT molecular complexity index is 803. The van der Waals surface area contributed by atoms with Crippen LogP contribution in [0.3, 0.4) is 0 Å². The van der Waals surface area contributed by atoms with E-state index in [1.807, 2.05) is 31.2 Å². The molecule has 3 amide bonds. The van der Waals surface area contributed by atoms with E-state index >= 15 is 0 Å². The molecule has 0 bridgehead atoms. The van der Waals surface area contributed by atoms with Crippen molar-refractivity contribution in [3.05, 3.63) is 65.2 Å². The van der Waals surface area contributed by atoms with Crippen molar-refractivity contribution in [2.45, 2.75) is 13.5 Å². The van der Waals surface area contributed by atoms with Crippen molar-refractivity contribution in [3.63, 3.8) is 0 Å². The predicted octanol–water partition coefficient (Wildman–Crippen LogP) is 3.44. The minimum Gasteiger partial charge on any atom is -0.322 e. The van der Waals surface area contributed by atoms with Gasteiger partial charge < -0.3 is 5.32 Å². The zero-order valence-corrected chi connectivity index (χ0v) is 13.9. The quantitative estimate of drug-likeness (QED) is 0.926.